The molecule has 1 aliphatic rings. The minimum Gasteiger partial charge on any atom is -0.459 e. The summed E-state index contributed by atoms with van der Waals surface area (Å²) in [7, 11) is -3.69. The van der Waals surface area contributed by atoms with Crippen LogP contribution in [0.15, 0.2) is 0 Å². The number of sulfone groups is 1. The zero-order chi connectivity index (χ0) is 17.0. The second-order valence-corrected chi connectivity index (χ2v) is 9.84. The number of esters is 1. The number of hydrogen-bond donors (Lipinski definition) is 0. The van der Waals surface area contributed by atoms with E-state index in [2.05, 4.69) is 0 Å². The fraction of sp³-hybridized carbons (Fsp3) is 0.933. The van der Waals surface area contributed by atoms with Gasteiger partial charge in [-0.1, -0.05) is 0 Å². The van der Waals surface area contributed by atoms with Crippen LogP contribution in [-0.4, -0.2) is 50.0 Å². The molecule has 0 spiro atoms. The van der Waals surface area contributed by atoms with Gasteiger partial charge in [0.15, 0.2) is 16.1 Å². The molecule has 1 rings (SSSR count). The Bertz CT molecular complexity index is 469. The third kappa shape index (κ3) is 6.22. The van der Waals surface area contributed by atoms with Gasteiger partial charge in [0, 0.05) is 6.61 Å². The second kappa shape index (κ2) is 7.27. The van der Waals surface area contributed by atoms with Crippen molar-refractivity contribution in [1.82, 2.24) is 0 Å². The lowest BCUT2D eigenvalue weighted by atomic mass is 10.2. The van der Waals surface area contributed by atoms with E-state index in [-0.39, 0.29) is 12.9 Å². The van der Waals surface area contributed by atoms with Gasteiger partial charge in [0.05, 0.1) is 11.4 Å². The highest BCUT2D eigenvalue weighted by Crippen LogP contribution is 2.22. The van der Waals surface area contributed by atoms with E-state index in [1.807, 2.05) is 0 Å². The van der Waals surface area contributed by atoms with Gasteiger partial charge in [0.25, 0.3) is 0 Å². The van der Waals surface area contributed by atoms with Crippen molar-refractivity contribution in [3.63, 3.8) is 0 Å². The molecule has 0 aliphatic carbocycles. The van der Waals surface area contributed by atoms with Crippen LogP contribution in [0.4, 0.5) is 0 Å². The lowest BCUT2D eigenvalue weighted by molar-refractivity contribution is -0.165. The quantitative estimate of drug-likeness (QED) is 0.691. The van der Waals surface area contributed by atoms with Crippen molar-refractivity contribution in [1.29, 1.82) is 0 Å². The average Bonchev–Trinajstić information content (AvgIpc) is 2.34. The van der Waals surface area contributed by atoms with Gasteiger partial charge >= 0.3 is 5.97 Å². The number of rotatable bonds is 6. The molecule has 0 radical (unpaired) electrons. The van der Waals surface area contributed by atoms with Crippen LogP contribution in [0.1, 0.15) is 53.9 Å². The molecule has 1 saturated heterocycles. The van der Waals surface area contributed by atoms with E-state index in [1.54, 1.807) is 34.6 Å². The fourth-order valence-electron chi connectivity index (χ4n) is 1.95. The van der Waals surface area contributed by atoms with Crippen LogP contribution in [0.5, 0.6) is 0 Å². The lowest BCUT2D eigenvalue weighted by Gasteiger charge is -2.29. The van der Waals surface area contributed by atoms with Crippen molar-refractivity contribution >= 4 is 15.8 Å². The summed E-state index contributed by atoms with van der Waals surface area (Å²) in [6.07, 6.45) is 2.42. The van der Waals surface area contributed by atoms with Gasteiger partial charge in [-0.15, -0.1) is 0 Å². The predicted molar refractivity (Wildman–Crippen MR) is 83.3 cm³/mol. The van der Waals surface area contributed by atoms with E-state index in [0.29, 0.717) is 6.61 Å². The summed E-state index contributed by atoms with van der Waals surface area (Å²) in [4.78, 5) is 11.8. The molecule has 0 N–H and O–H groups in total. The Balaban J connectivity index is 2.58. The summed E-state index contributed by atoms with van der Waals surface area (Å²) in [6, 6.07) is 0. The summed E-state index contributed by atoms with van der Waals surface area (Å²) in [5.74, 6) is -1.39. The Morgan fingerprint density at radius 3 is 2.32 bits per heavy atom. The molecule has 0 aromatic rings. The van der Waals surface area contributed by atoms with E-state index >= 15 is 0 Å². The Morgan fingerprint density at radius 2 is 1.82 bits per heavy atom. The maximum Gasteiger partial charge on any atom is 0.321 e. The van der Waals surface area contributed by atoms with Crippen molar-refractivity contribution in [2.45, 2.75) is 70.5 Å². The Morgan fingerprint density at radius 1 is 1.18 bits per heavy atom. The molecule has 7 heteroatoms. The highest BCUT2D eigenvalue weighted by Gasteiger charge is 2.38. The van der Waals surface area contributed by atoms with Gasteiger partial charge in [-0.25, -0.2) is 8.42 Å². The van der Waals surface area contributed by atoms with E-state index in [4.69, 9.17) is 14.2 Å². The van der Waals surface area contributed by atoms with Crippen LogP contribution >= 0.6 is 0 Å². The number of carbonyl (C=O) groups excluding carboxylic acids is 1. The molecule has 0 amide bonds. The molecule has 0 saturated carbocycles. The van der Waals surface area contributed by atoms with Crippen molar-refractivity contribution in [2.75, 3.05) is 19.0 Å². The van der Waals surface area contributed by atoms with E-state index in [0.717, 1.165) is 19.3 Å². The monoisotopic (exact) mass is 336 g/mol. The SMILES string of the molecule is CC(C)(C)OC(=O)CS(=O)(=O)C(C)(C)COC1CCCCO1. The summed E-state index contributed by atoms with van der Waals surface area (Å²) in [5, 5.41) is 0. The van der Waals surface area contributed by atoms with Crippen molar-refractivity contribution in [3.8, 4) is 0 Å². The van der Waals surface area contributed by atoms with E-state index in [9.17, 15) is 13.2 Å². The number of hydrogen-bond acceptors (Lipinski definition) is 6. The van der Waals surface area contributed by atoms with Crippen molar-refractivity contribution < 1.29 is 27.4 Å². The molecular weight excluding hydrogens is 308 g/mol. The van der Waals surface area contributed by atoms with Crippen LogP contribution in [0, 0.1) is 0 Å². The predicted octanol–water partition coefficient (Wildman–Crippen LogP) is 2.06. The molecule has 6 nitrogen and oxygen atoms in total. The van der Waals surface area contributed by atoms with E-state index < -0.39 is 31.9 Å². The maximum absolute atomic E-state index is 12.4. The first kappa shape index (κ1) is 19.4. The third-order valence-corrected chi connectivity index (χ3v) is 5.74. The average molecular weight is 336 g/mol. The van der Waals surface area contributed by atoms with Crippen LogP contribution in [-0.2, 0) is 28.8 Å². The molecule has 1 atom stereocenters. The molecule has 130 valence electrons. The number of ether oxygens (including phenoxy) is 3. The highest BCUT2D eigenvalue weighted by molar-refractivity contribution is 7.93. The second-order valence-electron chi connectivity index (χ2n) is 7.21. The normalized spacial score (nSPS) is 20.7. The zero-order valence-electron chi connectivity index (χ0n) is 14.2. The van der Waals surface area contributed by atoms with Crippen molar-refractivity contribution in [2.24, 2.45) is 0 Å². The number of carbonyl (C=O) groups is 1. The summed E-state index contributed by atoms with van der Waals surface area (Å²) >= 11 is 0. The third-order valence-electron chi connectivity index (χ3n) is 3.32. The van der Waals surface area contributed by atoms with Crippen molar-refractivity contribution in [3.05, 3.63) is 0 Å². The molecule has 0 aromatic heterocycles. The molecule has 1 aliphatic heterocycles. The Labute approximate surface area is 133 Å². The first-order valence-electron chi connectivity index (χ1n) is 7.60. The van der Waals surface area contributed by atoms with Gasteiger partial charge in [0.2, 0.25) is 0 Å². The standard InChI is InChI=1S/C15H28O6S/c1-14(2,3)21-12(16)10-22(17,18)15(4,5)11-20-13-8-6-7-9-19-13/h13H,6-11H2,1-5H3. The smallest absolute Gasteiger partial charge is 0.321 e. The first-order chi connectivity index (χ1) is 9.93. The summed E-state index contributed by atoms with van der Waals surface area (Å²) in [5.41, 5.74) is -0.705. The molecule has 22 heavy (non-hydrogen) atoms. The minimum atomic E-state index is -3.69. The Hall–Kier alpha value is -0.660. The van der Waals surface area contributed by atoms with Gasteiger partial charge < -0.3 is 14.2 Å². The van der Waals surface area contributed by atoms with Crippen LogP contribution in [0.2, 0.25) is 0 Å². The molecule has 0 aromatic carbocycles. The first-order valence-corrected chi connectivity index (χ1v) is 9.25. The van der Waals surface area contributed by atoms with Crippen LogP contribution in [0.25, 0.3) is 0 Å². The summed E-state index contributed by atoms with van der Waals surface area (Å²) in [6.45, 7) is 8.83. The largest absolute Gasteiger partial charge is 0.459 e. The minimum absolute atomic E-state index is 0.0111. The Kier molecular flexibility index (Phi) is 6.41. The molecular formula is C15H28O6S. The molecule has 1 fully saturated rings. The fourth-order valence-corrected chi connectivity index (χ4v) is 2.96. The highest BCUT2D eigenvalue weighted by atomic mass is 32.2. The lowest BCUT2D eigenvalue weighted by Crippen LogP contribution is -2.43. The maximum atomic E-state index is 12.4. The molecule has 1 heterocycles. The topological polar surface area (TPSA) is 78.9 Å². The zero-order valence-corrected chi connectivity index (χ0v) is 15.0. The van der Waals surface area contributed by atoms with Gasteiger partial charge in [-0.3, -0.25) is 4.79 Å². The summed E-state index contributed by atoms with van der Waals surface area (Å²) < 4.78 is 39.7. The molecule has 1 unspecified atom stereocenters. The van der Waals surface area contributed by atoms with Gasteiger partial charge in [-0.05, 0) is 53.9 Å². The van der Waals surface area contributed by atoms with Crippen LogP contribution < -0.4 is 0 Å². The van der Waals surface area contributed by atoms with Gasteiger partial charge in [0.1, 0.15) is 11.4 Å². The van der Waals surface area contributed by atoms with Gasteiger partial charge in [-0.2, -0.15) is 0 Å². The van der Waals surface area contributed by atoms with E-state index in [1.165, 1.54) is 0 Å². The van der Waals surface area contributed by atoms with Crippen LogP contribution in [0.3, 0.4) is 0 Å². The molecule has 0 bridgehead atoms.